The highest BCUT2D eigenvalue weighted by atomic mass is 16.5. The Hall–Kier alpha value is -2.76. The molecule has 1 aliphatic carbocycles. The number of benzene rings is 1. The molecule has 0 bridgehead atoms. The average molecular weight is 399 g/mol. The second-order valence-corrected chi connectivity index (χ2v) is 7.42. The maximum absolute atomic E-state index is 13.0. The summed E-state index contributed by atoms with van der Waals surface area (Å²) in [6, 6.07) is 5.01. The Morgan fingerprint density at radius 1 is 1.28 bits per heavy atom. The predicted octanol–water partition coefficient (Wildman–Crippen LogP) is 4.10. The molecule has 2 N–H and O–H groups in total. The van der Waals surface area contributed by atoms with Crippen molar-refractivity contribution in [2.24, 2.45) is 0 Å². The molecule has 0 amide bonds. The Kier molecular flexibility index (Phi) is 6.62. The molecule has 1 aliphatic heterocycles. The van der Waals surface area contributed by atoms with Crippen LogP contribution in [0.1, 0.15) is 64.4 Å². The first-order chi connectivity index (χ1) is 14.0. The number of Topliss-reactive ketones (excluding diaryl/α,β-unsaturated/α-hetero) is 1. The van der Waals surface area contributed by atoms with Crippen LogP contribution in [-0.2, 0) is 14.3 Å². The molecule has 0 aromatic heterocycles. The van der Waals surface area contributed by atoms with Crippen LogP contribution in [0.3, 0.4) is 0 Å². The highest BCUT2D eigenvalue weighted by Gasteiger charge is 2.39. The van der Waals surface area contributed by atoms with Gasteiger partial charge in [-0.05, 0) is 50.8 Å². The average Bonchev–Trinajstić information content (AvgIpc) is 2.69. The van der Waals surface area contributed by atoms with Crippen molar-refractivity contribution < 1.29 is 24.2 Å². The molecule has 0 radical (unpaired) electrons. The number of phenols is 1. The number of carbonyl (C=O) groups excluding carboxylic acids is 2. The molecule has 3 rings (SSSR count). The minimum atomic E-state index is -0.534. The molecular formula is C23H29NO5. The Balaban J connectivity index is 2.08. The molecule has 2 aliphatic rings. The summed E-state index contributed by atoms with van der Waals surface area (Å²) < 4.78 is 11.0. The van der Waals surface area contributed by atoms with Crippen molar-refractivity contribution in [3.8, 4) is 11.5 Å². The number of carbonyl (C=O) groups is 2. The number of dihydropyridines is 1. The second-order valence-electron chi connectivity index (χ2n) is 7.42. The van der Waals surface area contributed by atoms with E-state index in [9.17, 15) is 14.7 Å². The van der Waals surface area contributed by atoms with Crippen molar-refractivity contribution in [1.29, 1.82) is 0 Å². The van der Waals surface area contributed by atoms with Gasteiger partial charge in [0, 0.05) is 29.3 Å². The van der Waals surface area contributed by atoms with Gasteiger partial charge < -0.3 is 19.9 Å². The zero-order valence-corrected chi connectivity index (χ0v) is 17.3. The van der Waals surface area contributed by atoms with Gasteiger partial charge in [0.15, 0.2) is 17.3 Å². The van der Waals surface area contributed by atoms with Gasteiger partial charge in [-0.2, -0.15) is 0 Å². The Morgan fingerprint density at radius 3 is 2.79 bits per heavy atom. The van der Waals surface area contributed by atoms with Crippen molar-refractivity contribution in [2.75, 3.05) is 13.2 Å². The fraction of sp³-hybridized carbons (Fsp3) is 0.478. The van der Waals surface area contributed by atoms with Crippen LogP contribution >= 0.6 is 0 Å². The first-order valence-electron chi connectivity index (χ1n) is 10.3. The van der Waals surface area contributed by atoms with Crippen LogP contribution in [0, 0.1) is 0 Å². The van der Waals surface area contributed by atoms with Crippen LogP contribution in [0.25, 0.3) is 0 Å². The minimum Gasteiger partial charge on any atom is -0.504 e. The first-order valence-corrected chi connectivity index (χ1v) is 10.3. The zero-order chi connectivity index (χ0) is 21.0. The summed E-state index contributed by atoms with van der Waals surface area (Å²) in [4.78, 5) is 25.9. The minimum absolute atomic E-state index is 0.0292. The van der Waals surface area contributed by atoms with E-state index in [0.717, 1.165) is 36.9 Å². The number of nitrogens with one attached hydrogen (secondary N) is 1. The van der Waals surface area contributed by atoms with Crippen molar-refractivity contribution in [3.05, 3.63) is 46.3 Å². The predicted molar refractivity (Wildman–Crippen MR) is 110 cm³/mol. The number of hydrogen-bond donors (Lipinski definition) is 2. The third-order valence-electron chi connectivity index (χ3n) is 5.34. The topological polar surface area (TPSA) is 84.9 Å². The smallest absolute Gasteiger partial charge is 0.336 e. The highest BCUT2D eigenvalue weighted by molar-refractivity contribution is 6.03. The lowest BCUT2D eigenvalue weighted by Gasteiger charge is -2.34. The van der Waals surface area contributed by atoms with E-state index in [-0.39, 0.29) is 11.5 Å². The van der Waals surface area contributed by atoms with Gasteiger partial charge in [-0.15, -0.1) is 0 Å². The monoisotopic (exact) mass is 399 g/mol. The molecule has 0 fully saturated rings. The summed E-state index contributed by atoms with van der Waals surface area (Å²) >= 11 is 0. The maximum Gasteiger partial charge on any atom is 0.336 e. The fourth-order valence-corrected chi connectivity index (χ4v) is 3.96. The van der Waals surface area contributed by atoms with Crippen LogP contribution in [0.5, 0.6) is 11.5 Å². The molecule has 29 heavy (non-hydrogen) atoms. The largest absolute Gasteiger partial charge is 0.504 e. The molecule has 1 aromatic rings. The number of aromatic hydroxyl groups is 1. The summed E-state index contributed by atoms with van der Waals surface area (Å²) in [5.41, 5.74) is 3.38. The van der Waals surface area contributed by atoms with Gasteiger partial charge in [0.2, 0.25) is 0 Å². The molecule has 0 unspecified atom stereocenters. The van der Waals surface area contributed by atoms with Crippen molar-refractivity contribution >= 4 is 11.8 Å². The lowest BCUT2D eigenvalue weighted by Crippen LogP contribution is -2.34. The van der Waals surface area contributed by atoms with Crippen LogP contribution in [-0.4, -0.2) is 30.1 Å². The van der Waals surface area contributed by atoms with E-state index < -0.39 is 11.9 Å². The quantitative estimate of drug-likeness (QED) is 0.530. The number of esters is 1. The summed E-state index contributed by atoms with van der Waals surface area (Å²) in [5.74, 6) is -0.537. The first kappa shape index (κ1) is 21.0. The molecule has 1 aromatic carbocycles. The number of hydrogen-bond acceptors (Lipinski definition) is 6. The van der Waals surface area contributed by atoms with Gasteiger partial charge >= 0.3 is 5.97 Å². The van der Waals surface area contributed by atoms with E-state index in [1.54, 1.807) is 18.2 Å². The van der Waals surface area contributed by atoms with E-state index in [4.69, 9.17) is 9.47 Å². The van der Waals surface area contributed by atoms with Crippen LogP contribution in [0.4, 0.5) is 0 Å². The number of ketones is 1. The molecule has 6 heteroatoms. The normalized spacial score (nSPS) is 19.0. The standard InChI is InChI=1S/C23H29NO5/c1-4-6-12-29-23(27)20-14(3)24-16-8-7-9-18(26)22(16)21(20)15-10-11-17(25)19(13-15)28-5-2/h10-11,13,21,24-25H,4-9,12H2,1-3H3/t21-/m1/s1. The number of ether oxygens (including phenoxy) is 2. The second kappa shape index (κ2) is 9.16. The van der Waals surface area contributed by atoms with Gasteiger partial charge in [-0.3, -0.25) is 4.79 Å². The van der Waals surface area contributed by atoms with E-state index in [1.807, 2.05) is 20.8 Å². The molecule has 0 saturated carbocycles. The van der Waals surface area contributed by atoms with E-state index >= 15 is 0 Å². The number of phenolic OH excluding ortho intramolecular Hbond substituents is 1. The SMILES string of the molecule is CCCCOC(=O)C1=C(C)NC2=C(C(=O)CCC2)[C@@H]1c1ccc(O)c(OCC)c1. The molecule has 0 saturated heterocycles. The molecule has 6 nitrogen and oxygen atoms in total. The zero-order valence-electron chi connectivity index (χ0n) is 17.3. The molecule has 1 atom stereocenters. The van der Waals surface area contributed by atoms with Crippen LogP contribution in [0.2, 0.25) is 0 Å². The lowest BCUT2D eigenvalue weighted by atomic mass is 9.75. The van der Waals surface area contributed by atoms with E-state index in [2.05, 4.69) is 5.32 Å². The summed E-state index contributed by atoms with van der Waals surface area (Å²) in [5, 5.41) is 13.4. The third-order valence-corrected chi connectivity index (χ3v) is 5.34. The van der Waals surface area contributed by atoms with E-state index in [1.165, 1.54) is 0 Å². The number of unbranched alkanes of at least 4 members (excludes halogenated alkanes) is 1. The Morgan fingerprint density at radius 2 is 2.07 bits per heavy atom. The lowest BCUT2D eigenvalue weighted by molar-refractivity contribution is -0.139. The van der Waals surface area contributed by atoms with Crippen LogP contribution in [0.15, 0.2) is 40.7 Å². The van der Waals surface area contributed by atoms with Gasteiger partial charge in [-0.25, -0.2) is 4.79 Å². The van der Waals surface area contributed by atoms with E-state index in [0.29, 0.717) is 42.2 Å². The van der Waals surface area contributed by atoms with Gasteiger partial charge in [0.25, 0.3) is 0 Å². The van der Waals surface area contributed by atoms with Gasteiger partial charge in [-0.1, -0.05) is 19.4 Å². The number of allylic oxidation sites excluding steroid dienone is 3. The summed E-state index contributed by atoms with van der Waals surface area (Å²) in [6.45, 7) is 6.46. The third kappa shape index (κ3) is 4.31. The van der Waals surface area contributed by atoms with Crippen LogP contribution < -0.4 is 10.1 Å². The molecule has 0 spiro atoms. The summed E-state index contributed by atoms with van der Waals surface area (Å²) in [7, 11) is 0. The fourth-order valence-electron chi connectivity index (χ4n) is 3.96. The van der Waals surface area contributed by atoms with Crippen molar-refractivity contribution in [3.63, 3.8) is 0 Å². The van der Waals surface area contributed by atoms with Crippen molar-refractivity contribution in [2.45, 2.75) is 58.8 Å². The van der Waals surface area contributed by atoms with Gasteiger partial charge in [0.05, 0.1) is 18.8 Å². The highest BCUT2D eigenvalue weighted by Crippen LogP contribution is 2.44. The van der Waals surface area contributed by atoms with Gasteiger partial charge in [0.1, 0.15) is 0 Å². The van der Waals surface area contributed by atoms with Crippen molar-refractivity contribution in [1.82, 2.24) is 5.32 Å². The summed E-state index contributed by atoms with van der Waals surface area (Å²) in [6.07, 6.45) is 3.74. The Labute approximate surface area is 171 Å². The Bertz CT molecular complexity index is 868. The molecule has 1 heterocycles. The molecule has 156 valence electrons. The molecular weight excluding hydrogens is 370 g/mol. The number of rotatable bonds is 7. The maximum atomic E-state index is 13.0.